The maximum absolute atomic E-state index is 9.99. The van der Waals surface area contributed by atoms with E-state index in [1.165, 1.54) is 0 Å². The van der Waals surface area contributed by atoms with Crippen molar-refractivity contribution in [2.45, 2.75) is 0 Å². The predicted octanol–water partition coefficient (Wildman–Crippen LogP) is -1.18. The van der Waals surface area contributed by atoms with Crippen molar-refractivity contribution in [1.29, 1.82) is 0 Å². The van der Waals surface area contributed by atoms with E-state index in [4.69, 9.17) is 5.02 Å². The molecule has 0 aromatic carbocycles. The van der Waals surface area contributed by atoms with Crippen LogP contribution in [0.25, 0.3) is 0 Å². The molecule has 0 aliphatic rings. The lowest BCUT2D eigenvalue weighted by Gasteiger charge is -1.86. The molecule has 2 N–H and O–H groups in total. The Hall–Kier alpha value is -0.765. The van der Waals surface area contributed by atoms with E-state index in [-0.39, 0.29) is 0 Å². The van der Waals surface area contributed by atoms with Crippen molar-refractivity contribution in [3.63, 3.8) is 0 Å². The fourth-order valence-electron chi connectivity index (χ4n) is 0.123. The Balaban J connectivity index is 3.17. The topological polar surface area (TPSA) is 49.3 Å². The summed E-state index contributed by atoms with van der Waals surface area (Å²) in [5.41, 5.74) is 0. The molecule has 7 heavy (non-hydrogen) atoms. The van der Waals surface area contributed by atoms with E-state index in [1.807, 2.05) is 5.23 Å². The van der Waals surface area contributed by atoms with Gasteiger partial charge in [-0.25, -0.2) is 0 Å². The highest BCUT2D eigenvalue weighted by atomic mass is 16.2. The summed E-state index contributed by atoms with van der Waals surface area (Å²) in [6.45, 7) is 3.14. The summed E-state index contributed by atoms with van der Waals surface area (Å²) < 4.78 is 0. The predicted molar refractivity (Wildman–Crippen MR) is 26.3 cm³/mol. The monoisotopic (exact) mass is 98.0 g/mol. The molecule has 1 radical (unpaired) electrons. The van der Waals surface area contributed by atoms with Gasteiger partial charge in [0.1, 0.15) is 0 Å². The van der Waals surface area contributed by atoms with Crippen LogP contribution in [0.2, 0.25) is 0 Å². The molecule has 4 heteroatoms. The Morgan fingerprint density at radius 2 is 2.57 bits per heavy atom. The zero-order valence-electron chi connectivity index (χ0n) is 3.72. The normalized spacial score (nSPS) is 7.00. The first kappa shape index (κ1) is 6.23. The van der Waals surface area contributed by atoms with E-state index in [2.05, 4.69) is 6.58 Å². The molecule has 0 rings (SSSR count). The van der Waals surface area contributed by atoms with Crippen LogP contribution in [-0.4, -0.2) is 18.5 Å². The van der Waals surface area contributed by atoms with Gasteiger partial charge in [-0.15, -0.1) is 0 Å². The summed E-state index contributed by atoms with van der Waals surface area (Å²) in [6, 6.07) is 0. The van der Waals surface area contributed by atoms with Crippen LogP contribution in [0.3, 0.4) is 0 Å². The van der Waals surface area contributed by atoms with Crippen molar-refractivity contribution >= 4 is 13.5 Å². The summed E-state index contributed by atoms with van der Waals surface area (Å²) >= 11 is 0. The standard InChI is InChI=1S/C3H5BNO2/c1-2-3(6)5-4-7/h2,7H,1H2,(H,5,6). The molecule has 0 heterocycles. The number of rotatable bonds is 2. The lowest BCUT2D eigenvalue weighted by Crippen LogP contribution is -2.24. The number of amides is 1. The van der Waals surface area contributed by atoms with Gasteiger partial charge in [0.15, 0.2) is 0 Å². The zero-order valence-corrected chi connectivity index (χ0v) is 3.72. The third-order valence-corrected chi connectivity index (χ3v) is 0.392. The second-order valence-corrected chi connectivity index (χ2v) is 0.842. The van der Waals surface area contributed by atoms with Crippen molar-refractivity contribution in [3.8, 4) is 0 Å². The maximum Gasteiger partial charge on any atom is 0.435 e. The van der Waals surface area contributed by atoms with Gasteiger partial charge in [0.05, 0.1) is 0 Å². The minimum atomic E-state index is -0.414. The van der Waals surface area contributed by atoms with Gasteiger partial charge in [-0.05, 0) is 6.08 Å². The van der Waals surface area contributed by atoms with Crippen LogP contribution in [-0.2, 0) is 4.79 Å². The smallest absolute Gasteiger partial charge is 0.435 e. The quantitative estimate of drug-likeness (QED) is 0.337. The number of carbonyl (C=O) groups excluding carboxylic acids is 1. The minimum Gasteiger partial charge on any atom is -0.435 e. The van der Waals surface area contributed by atoms with Gasteiger partial charge in [-0.1, -0.05) is 6.58 Å². The number of hydrogen-bond acceptors (Lipinski definition) is 2. The van der Waals surface area contributed by atoms with Crippen molar-refractivity contribution in [1.82, 2.24) is 5.23 Å². The Kier molecular flexibility index (Phi) is 3.05. The SMILES string of the molecule is C=CC(=O)N[B]O. The van der Waals surface area contributed by atoms with Crippen molar-refractivity contribution in [3.05, 3.63) is 12.7 Å². The average Bonchev–Trinajstić information content (AvgIpc) is 1.68. The van der Waals surface area contributed by atoms with Gasteiger partial charge in [0.2, 0.25) is 5.91 Å². The van der Waals surface area contributed by atoms with E-state index >= 15 is 0 Å². The van der Waals surface area contributed by atoms with Crippen LogP contribution in [0, 0.1) is 0 Å². The Morgan fingerprint density at radius 1 is 2.00 bits per heavy atom. The van der Waals surface area contributed by atoms with Crippen molar-refractivity contribution < 1.29 is 9.82 Å². The average molecular weight is 97.9 g/mol. The third kappa shape index (κ3) is 3.05. The largest absolute Gasteiger partial charge is 0.435 e. The fourth-order valence-corrected chi connectivity index (χ4v) is 0.123. The summed E-state index contributed by atoms with van der Waals surface area (Å²) in [5.74, 6) is -0.414. The molecule has 0 spiro atoms. The highest BCUT2D eigenvalue weighted by Crippen LogP contribution is 1.58. The molecule has 0 aromatic rings. The Bertz CT molecular complexity index is 83.0. The molecular weight excluding hydrogens is 92.8 g/mol. The van der Waals surface area contributed by atoms with Crippen LogP contribution in [0.5, 0.6) is 0 Å². The molecule has 37 valence electrons. The Morgan fingerprint density at radius 3 is 2.71 bits per heavy atom. The van der Waals surface area contributed by atoms with Crippen molar-refractivity contribution in [2.24, 2.45) is 0 Å². The number of nitrogens with one attached hydrogen (secondary N) is 1. The van der Waals surface area contributed by atoms with Gasteiger partial charge >= 0.3 is 7.62 Å². The molecule has 0 aromatic heterocycles. The molecule has 0 bridgehead atoms. The molecule has 0 unspecified atom stereocenters. The summed E-state index contributed by atoms with van der Waals surface area (Å²) in [6.07, 6.45) is 1.06. The van der Waals surface area contributed by atoms with E-state index in [0.717, 1.165) is 6.08 Å². The number of carbonyl (C=O) groups is 1. The number of hydrogen-bond donors (Lipinski definition) is 2. The Labute approximate surface area is 42.3 Å². The van der Waals surface area contributed by atoms with Crippen molar-refractivity contribution in [2.75, 3.05) is 0 Å². The first-order chi connectivity index (χ1) is 3.31. The molecule has 0 fully saturated rings. The van der Waals surface area contributed by atoms with Crippen LogP contribution in [0.1, 0.15) is 0 Å². The van der Waals surface area contributed by atoms with Gasteiger partial charge < -0.3 is 10.3 Å². The molecule has 0 aliphatic heterocycles. The first-order valence-electron chi connectivity index (χ1n) is 1.70. The molecule has 3 nitrogen and oxygen atoms in total. The van der Waals surface area contributed by atoms with Gasteiger partial charge in [-0.2, -0.15) is 0 Å². The molecule has 0 saturated carbocycles. The zero-order chi connectivity index (χ0) is 5.70. The second-order valence-electron chi connectivity index (χ2n) is 0.842. The summed E-state index contributed by atoms with van der Waals surface area (Å²) in [5, 5.41) is 9.83. The van der Waals surface area contributed by atoms with Gasteiger partial charge in [0, 0.05) is 0 Å². The lowest BCUT2D eigenvalue weighted by molar-refractivity contribution is -0.115. The minimum absolute atomic E-state index is 0.414. The van der Waals surface area contributed by atoms with Crippen LogP contribution < -0.4 is 5.23 Å². The van der Waals surface area contributed by atoms with Crippen LogP contribution >= 0.6 is 0 Å². The fraction of sp³-hybridized carbons (Fsp3) is 0. The van der Waals surface area contributed by atoms with Gasteiger partial charge in [-0.3, -0.25) is 4.79 Å². The highest BCUT2D eigenvalue weighted by Gasteiger charge is 1.88. The summed E-state index contributed by atoms with van der Waals surface area (Å²) in [4.78, 5) is 9.99. The van der Waals surface area contributed by atoms with E-state index in [1.54, 1.807) is 0 Å². The molecule has 0 atom stereocenters. The van der Waals surface area contributed by atoms with E-state index in [9.17, 15) is 4.79 Å². The van der Waals surface area contributed by atoms with E-state index in [0.29, 0.717) is 7.62 Å². The van der Waals surface area contributed by atoms with E-state index < -0.39 is 5.91 Å². The molecule has 0 aliphatic carbocycles. The summed E-state index contributed by atoms with van der Waals surface area (Å²) in [7, 11) is 0.560. The molecular formula is C3H5BNO2. The molecule has 0 saturated heterocycles. The maximum atomic E-state index is 9.99. The molecule has 1 amide bonds. The first-order valence-corrected chi connectivity index (χ1v) is 1.70. The van der Waals surface area contributed by atoms with Gasteiger partial charge in [0.25, 0.3) is 0 Å². The third-order valence-electron chi connectivity index (χ3n) is 0.392. The highest BCUT2D eigenvalue weighted by molar-refractivity contribution is 6.29. The lowest BCUT2D eigenvalue weighted by atomic mass is 10.3. The van der Waals surface area contributed by atoms with Crippen LogP contribution in [0.4, 0.5) is 0 Å². The second kappa shape index (κ2) is 3.43. The van der Waals surface area contributed by atoms with Crippen LogP contribution in [0.15, 0.2) is 12.7 Å².